The molecule has 1 aromatic carbocycles. The summed E-state index contributed by atoms with van der Waals surface area (Å²) in [5, 5.41) is 7.33. The summed E-state index contributed by atoms with van der Waals surface area (Å²) in [6.07, 6.45) is 0.903. The summed E-state index contributed by atoms with van der Waals surface area (Å²) in [6.45, 7) is 1.53. The fraction of sp³-hybridized carbons (Fsp3) is 0.375. The molecule has 1 amide bonds. The second kappa shape index (κ2) is 6.27. The Labute approximate surface area is 128 Å². The third-order valence-corrected chi connectivity index (χ3v) is 3.99. The van der Waals surface area contributed by atoms with Crippen LogP contribution < -0.4 is 0 Å². The first-order chi connectivity index (χ1) is 10.7. The van der Waals surface area contributed by atoms with Crippen LogP contribution in [0.5, 0.6) is 0 Å². The highest BCUT2D eigenvalue weighted by Gasteiger charge is 2.28. The number of halogens is 1. The van der Waals surface area contributed by atoms with Gasteiger partial charge in [-0.25, -0.2) is 4.39 Å². The number of hydrogen-bond acceptors (Lipinski definition) is 3. The minimum absolute atomic E-state index is 0.0169. The number of H-pyrrole nitrogens is 1. The van der Waals surface area contributed by atoms with Gasteiger partial charge in [-0.15, -0.1) is 0 Å². The van der Waals surface area contributed by atoms with Crippen LogP contribution in [-0.4, -0.2) is 47.8 Å². The third-order valence-electron chi connectivity index (χ3n) is 3.99. The number of aromatic amines is 1. The van der Waals surface area contributed by atoms with Gasteiger partial charge in [0, 0.05) is 37.4 Å². The molecule has 6 heteroatoms. The van der Waals surface area contributed by atoms with E-state index in [1.165, 1.54) is 19.2 Å². The number of ether oxygens (including phenoxy) is 1. The van der Waals surface area contributed by atoms with Crippen molar-refractivity contribution in [1.29, 1.82) is 0 Å². The van der Waals surface area contributed by atoms with E-state index in [9.17, 15) is 9.18 Å². The number of rotatable bonds is 4. The molecule has 1 fully saturated rings. The Kier molecular flexibility index (Phi) is 4.20. The fourth-order valence-electron chi connectivity index (χ4n) is 2.77. The van der Waals surface area contributed by atoms with Crippen molar-refractivity contribution in [2.24, 2.45) is 0 Å². The fourth-order valence-corrected chi connectivity index (χ4v) is 2.77. The average molecular weight is 303 g/mol. The number of amides is 1. The Morgan fingerprint density at radius 3 is 2.95 bits per heavy atom. The lowest BCUT2D eigenvalue weighted by atomic mass is 10.0. The number of likely N-dealkylation sites (tertiary alicyclic amines) is 1. The summed E-state index contributed by atoms with van der Waals surface area (Å²) in [7, 11) is 1.52. The summed E-state index contributed by atoms with van der Waals surface area (Å²) in [5.41, 5.74) is 2.66. The molecule has 1 aromatic heterocycles. The molecule has 1 unspecified atom stereocenters. The minimum atomic E-state index is -0.261. The average Bonchev–Trinajstić information content (AvgIpc) is 3.17. The maximum atomic E-state index is 13.0. The highest BCUT2D eigenvalue weighted by Crippen LogP contribution is 2.28. The molecule has 2 aromatic rings. The van der Waals surface area contributed by atoms with E-state index in [2.05, 4.69) is 10.2 Å². The first kappa shape index (κ1) is 14.7. The highest BCUT2D eigenvalue weighted by atomic mass is 19.1. The molecule has 3 rings (SSSR count). The summed E-state index contributed by atoms with van der Waals surface area (Å²) in [4.78, 5) is 13.6. The van der Waals surface area contributed by atoms with Crippen LogP contribution in [0.4, 0.5) is 4.39 Å². The van der Waals surface area contributed by atoms with Gasteiger partial charge >= 0.3 is 0 Å². The SMILES string of the molecule is COCC(=O)N1CCC(c2cc(-c3ccc(F)cc3)n[nH]2)C1. The Hall–Kier alpha value is -2.21. The normalized spacial score (nSPS) is 17.9. The molecule has 0 radical (unpaired) electrons. The topological polar surface area (TPSA) is 58.2 Å². The van der Waals surface area contributed by atoms with Gasteiger partial charge in [0.15, 0.2) is 0 Å². The number of hydrogen-bond donors (Lipinski definition) is 1. The number of nitrogens with one attached hydrogen (secondary N) is 1. The van der Waals surface area contributed by atoms with E-state index in [-0.39, 0.29) is 24.2 Å². The molecule has 1 atom stereocenters. The van der Waals surface area contributed by atoms with Crippen LogP contribution in [0.25, 0.3) is 11.3 Å². The zero-order chi connectivity index (χ0) is 15.5. The van der Waals surface area contributed by atoms with Gasteiger partial charge in [0.2, 0.25) is 5.91 Å². The number of methoxy groups -OCH3 is 1. The Balaban J connectivity index is 1.69. The molecule has 1 aliphatic rings. The van der Waals surface area contributed by atoms with Gasteiger partial charge in [0.25, 0.3) is 0 Å². The van der Waals surface area contributed by atoms with Crippen LogP contribution in [0.1, 0.15) is 18.0 Å². The Morgan fingerprint density at radius 1 is 1.45 bits per heavy atom. The summed E-state index contributed by atoms with van der Waals surface area (Å²) in [6, 6.07) is 8.23. The molecule has 22 heavy (non-hydrogen) atoms. The van der Waals surface area contributed by atoms with Crippen molar-refractivity contribution in [3.63, 3.8) is 0 Å². The van der Waals surface area contributed by atoms with Crippen molar-refractivity contribution in [2.45, 2.75) is 12.3 Å². The van der Waals surface area contributed by atoms with Crippen molar-refractivity contribution < 1.29 is 13.9 Å². The second-order valence-electron chi connectivity index (χ2n) is 5.47. The standard InChI is InChI=1S/C16H18FN3O2/c1-22-10-16(21)20-7-6-12(9-20)15-8-14(18-19-15)11-2-4-13(17)5-3-11/h2-5,8,12H,6-7,9-10H2,1H3,(H,18,19). The number of aromatic nitrogens is 2. The van der Waals surface area contributed by atoms with Gasteiger partial charge in [-0.3, -0.25) is 9.89 Å². The molecule has 0 spiro atoms. The van der Waals surface area contributed by atoms with Crippen LogP contribution in [0, 0.1) is 5.82 Å². The van der Waals surface area contributed by atoms with E-state index in [4.69, 9.17) is 4.74 Å². The van der Waals surface area contributed by atoms with Crippen LogP contribution >= 0.6 is 0 Å². The quantitative estimate of drug-likeness (QED) is 0.942. The van der Waals surface area contributed by atoms with Crippen molar-refractivity contribution in [3.05, 3.63) is 41.8 Å². The van der Waals surface area contributed by atoms with E-state index >= 15 is 0 Å². The minimum Gasteiger partial charge on any atom is -0.375 e. The Morgan fingerprint density at radius 2 is 2.23 bits per heavy atom. The predicted molar refractivity (Wildman–Crippen MR) is 79.8 cm³/mol. The third kappa shape index (κ3) is 3.01. The summed E-state index contributed by atoms with van der Waals surface area (Å²) >= 11 is 0. The molecular weight excluding hydrogens is 285 g/mol. The molecule has 1 aliphatic heterocycles. The monoisotopic (exact) mass is 303 g/mol. The number of nitrogens with zero attached hydrogens (tertiary/aromatic N) is 2. The molecule has 116 valence electrons. The van der Waals surface area contributed by atoms with E-state index in [1.54, 1.807) is 12.1 Å². The molecule has 5 nitrogen and oxygen atoms in total. The lowest BCUT2D eigenvalue weighted by Crippen LogP contribution is -2.31. The van der Waals surface area contributed by atoms with E-state index < -0.39 is 0 Å². The molecule has 0 aliphatic carbocycles. The molecule has 1 saturated heterocycles. The first-order valence-electron chi connectivity index (χ1n) is 7.25. The zero-order valence-corrected chi connectivity index (χ0v) is 12.4. The maximum absolute atomic E-state index is 13.0. The summed E-state index contributed by atoms with van der Waals surface area (Å²) < 4.78 is 17.8. The number of carbonyl (C=O) groups excluding carboxylic acids is 1. The van der Waals surface area contributed by atoms with Crippen LogP contribution in [-0.2, 0) is 9.53 Å². The van der Waals surface area contributed by atoms with Gasteiger partial charge in [-0.05, 0) is 36.8 Å². The number of benzene rings is 1. The van der Waals surface area contributed by atoms with Crippen LogP contribution in [0.3, 0.4) is 0 Å². The lowest BCUT2D eigenvalue weighted by molar-refractivity contribution is -0.134. The van der Waals surface area contributed by atoms with E-state index in [0.717, 1.165) is 29.9 Å². The van der Waals surface area contributed by atoms with Gasteiger partial charge < -0.3 is 9.64 Å². The Bertz CT molecular complexity index is 654. The van der Waals surface area contributed by atoms with E-state index in [0.29, 0.717) is 6.54 Å². The molecule has 0 saturated carbocycles. The van der Waals surface area contributed by atoms with Gasteiger partial charge in [-0.1, -0.05) is 0 Å². The maximum Gasteiger partial charge on any atom is 0.248 e. The van der Waals surface area contributed by atoms with Crippen LogP contribution in [0.15, 0.2) is 30.3 Å². The van der Waals surface area contributed by atoms with Gasteiger partial charge in [0.1, 0.15) is 12.4 Å². The highest BCUT2D eigenvalue weighted by molar-refractivity contribution is 5.77. The lowest BCUT2D eigenvalue weighted by Gasteiger charge is -2.15. The molecule has 0 bridgehead atoms. The molecule has 2 heterocycles. The van der Waals surface area contributed by atoms with Gasteiger partial charge in [0.05, 0.1) is 5.69 Å². The molecule has 1 N–H and O–H groups in total. The zero-order valence-electron chi connectivity index (χ0n) is 12.4. The smallest absolute Gasteiger partial charge is 0.248 e. The largest absolute Gasteiger partial charge is 0.375 e. The van der Waals surface area contributed by atoms with Gasteiger partial charge in [-0.2, -0.15) is 5.10 Å². The second-order valence-corrected chi connectivity index (χ2v) is 5.47. The molecular formula is C16H18FN3O2. The van der Waals surface area contributed by atoms with Crippen molar-refractivity contribution in [3.8, 4) is 11.3 Å². The first-order valence-corrected chi connectivity index (χ1v) is 7.25. The van der Waals surface area contributed by atoms with Crippen molar-refractivity contribution >= 4 is 5.91 Å². The predicted octanol–water partition coefficient (Wildman–Crippen LogP) is 2.18. The van der Waals surface area contributed by atoms with Crippen molar-refractivity contribution in [1.82, 2.24) is 15.1 Å². The van der Waals surface area contributed by atoms with Crippen LogP contribution in [0.2, 0.25) is 0 Å². The van der Waals surface area contributed by atoms with E-state index in [1.807, 2.05) is 11.0 Å². The number of carbonyl (C=O) groups is 1. The summed E-state index contributed by atoms with van der Waals surface area (Å²) in [5.74, 6) is 0.00776. The van der Waals surface area contributed by atoms with Crippen molar-refractivity contribution in [2.75, 3.05) is 26.8 Å².